The van der Waals surface area contributed by atoms with E-state index >= 15 is 0 Å². The molecule has 0 N–H and O–H groups in total. The maximum Gasteiger partial charge on any atom is 0.141 e. The third kappa shape index (κ3) is 6.81. The van der Waals surface area contributed by atoms with Gasteiger partial charge in [-0.1, -0.05) is 62.4 Å². The Morgan fingerprint density at radius 1 is 0.556 bits per heavy atom. The fraction of sp³-hybridized carbons (Fsp3) is 0.545. The van der Waals surface area contributed by atoms with Gasteiger partial charge in [0.25, 0.3) is 0 Å². The topological polar surface area (TPSA) is 51.2 Å². The summed E-state index contributed by atoms with van der Waals surface area (Å²) in [7, 11) is 0. The number of carbonyl (C=O) groups excluding carboxylic acids is 3. The molecule has 2 aromatic rings. The molecule has 0 atom stereocenters. The molecule has 0 bridgehead atoms. The van der Waals surface area contributed by atoms with Crippen molar-refractivity contribution in [3.05, 3.63) is 70.8 Å². The number of hydrogen-bond donors (Lipinski definition) is 0. The van der Waals surface area contributed by atoms with Gasteiger partial charge >= 0.3 is 0 Å². The fourth-order valence-electron chi connectivity index (χ4n) is 6.41. The van der Waals surface area contributed by atoms with Crippen molar-refractivity contribution < 1.29 is 14.4 Å². The lowest BCUT2D eigenvalue weighted by atomic mass is 9.76. The van der Waals surface area contributed by atoms with E-state index in [0.717, 1.165) is 62.5 Å². The number of ketones is 3. The van der Waals surface area contributed by atoms with Gasteiger partial charge in [-0.05, 0) is 85.5 Å². The van der Waals surface area contributed by atoms with E-state index in [1.807, 2.05) is 13.8 Å². The molecule has 0 saturated heterocycles. The van der Waals surface area contributed by atoms with E-state index in [4.69, 9.17) is 0 Å². The van der Waals surface area contributed by atoms with E-state index in [9.17, 15) is 14.4 Å². The molecule has 0 amide bonds. The van der Waals surface area contributed by atoms with Gasteiger partial charge in [-0.3, -0.25) is 14.4 Å². The number of Topliss-reactive ketones (excluding diaryl/α,β-unsaturated/α-hetero) is 3. The minimum Gasteiger partial charge on any atom is -0.299 e. The molecule has 2 aliphatic rings. The molecule has 0 radical (unpaired) electrons. The Morgan fingerprint density at radius 3 is 1.19 bits per heavy atom. The van der Waals surface area contributed by atoms with Gasteiger partial charge in [0.15, 0.2) is 0 Å². The van der Waals surface area contributed by atoms with Crippen LogP contribution < -0.4 is 0 Å². The molecule has 36 heavy (non-hydrogen) atoms. The lowest BCUT2D eigenvalue weighted by Crippen LogP contribution is -2.20. The highest BCUT2D eigenvalue weighted by Gasteiger charge is 2.27. The van der Waals surface area contributed by atoms with E-state index in [1.165, 1.54) is 11.1 Å². The Bertz CT molecular complexity index is 934. The zero-order chi connectivity index (χ0) is 25.5. The highest BCUT2D eigenvalue weighted by molar-refractivity contribution is 5.83. The normalized spacial score (nSPS) is 24.3. The standard InChI is InChI=1S/C33H42O3/c1-3-32(35)29-17-13-27(14-18-29)25-9-5-23(6-10-25)21-31(34)22-24-7-11-26(12-8-24)28-15-19-30(20-16-28)33(36)4-2/h5-12,27-30H,3-4,13-22H2,1-2H3/t27-,28?,29-,30?. The van der Waals surface area contributed by atoms with Gasteiger partial charge < -0.3 is 0 Å². The molecule has 2 saturated carbocycles. The molecule has 4 rings (SSSR count). The molecule has 192 valence electrons. The third-order valence-corrected chi connectivity index (χ3v) is 8.77. The third-order valence-electron chi connectivity index (χ3n) is 8.77. The first-order chi connectivity index (χ1) is 17.5. The second-order valence-electron chi connectivity index (χ2n) is 11.1. The van der Waals surface area contributed by atoms with Gasteiger partial charge in [-0.2, -0.15) is 0 Å². The molecular formula is C33H42O3. The first-order valence-corrected chi connectivity index (χ1v) is 14.2. The monoisotopic (exact) mass is 486 g/mol. The maximum absolute atomic E-state index is 12.7. The molecule has 3 nitrogen and oxygen atoms in total. The predicted molar refractivity (Wildman–Crippen MR) is 145 cm³/mol. The summed E-state index contributed by atoms with van der Waals surface area (Å²) in [5, 5.41) is 0. The van der Waals surface area contributed by atoms with Crippen LogP contribution in [0.4, 0.5) is 0 Å². The lowest BCUT2D eigenvalue weighted by Gasteiger charge is -2.28. The molecule has 2 fully saturated rings. The molecular weight excluding hydrogens is 444 g/mol. The average Bonchev–Trinajstić information content (AvgIpc) is 2.93. The molecule has 0 aliphatic heterocycles. The lowest BCUT2D eigenvalue weighted by molar-refractivity contribution is -0.124. The van der Waals surface area contributed by atoms with Crippen molar-refractivity contribution in [2.24, 2.45) is 11.8 Å². The zero-order valence-corrected chi connectivity index (χ0v) is 22.1. The summed E-state index contributed by atoms with van der Waals surface area (Å²) >= 11 is 0. The van der Waals surface area contributed by atoms with Crippen LogP contribution in [0.2, 0.25) is 0 Å². The number of carbonyl (C=O) groups is 3. The second-order valence-corrected chi connectivity index (χ2v) is 11.1. The molecule has 2 aliphatic carbocycles. The van der Waals surface area contributed by atoms with Crippen LogP contribution in [-0.2, 0) is 27.2 Å². The average molecular weight is 487 g/mol. The summed E-state index contributed by atoms with van der Waals surface area (Å²) in [6, 6.07) is 17.2. The molecule has 0 unspecified atom stereocenters. The van der Waals surface area contributed by atoms with Crippen LogP contribution in [-0.4, -0.2) is 17.3 Å². The van der Waals surface area contributed by atoms with Crippen LogP contribution in [0, 0.1) is 11.8 Å². The molecule has 0 heterocycles. The second kappa shape index (κ2) is 12.6. The quantitative estimate of drug-likeness (QED) is 0.348. The van der Waals surface area contributed by atoms with Gasteiger partial charge in [0.2, 0.25) is 0 Å². The van der Waals surface area contributed by atoms with Crippen molar-refractivity contribution in [3.8, 4) is 0 Å². The largest absolute Gasteiger partial charge is 0.299 e. The molecule has 0 aromatic heterocycles. The van der Waals surface area contributed by atoms with Crippen molar-refractivity contribution >= 4 is 17.3 Å². The first-order valence-electron chi connectivity index (χ1n) is 14.2. The molecule has 2 aromatic carbocycles. The highest BCUT2D eigenvalue weighted by atomic mass is 16.1. The fourth-order valence-corrected chi connectivity index (χ4v) is 6.41. The van der Waals surface area contributed by atoms with Crippen LogP contribution in [0.1, 0.15) is 112 Å². The smallest absolute Gasteiger partial charge is 0.141 e. The van der Waals surface area contributed by atoms with Crippen LogP contribution in [0.3, 0.4) is 0 Å². The van der Waals surface area contributed by atoms with Crippen molar-refractivity contribution in [1.29, 1.82) is 0 Å². The van der Waals surface area contributed by atoms with E-state index in [1.54, 1.807) is 0 Å². The van der Waals surface area contributed by atoms with Crippen molar-refractivity contribution in [2.45, 2.75) is 103 Å². The van der Waals surface area contributed by atoms with Gasteiger partial charge in [0, 0.05) is 37.5 Å². The SMILES string of the molecule is CCC(=O)C1CCC(c2ccc(CC(=O)Cc3ccc([C@H]4CC[C@H](C(=O)CC)CC4)cc3)cc2)CC1. The highest BCUT2D eigenvalue weighted by Crippen LogP contribution is 2.37. The van der Waals surface area contributed by atoms with Crippen molar-refractivity contribution in [2.75, 3.05) is 0 Å². The van der Waals surface area contributed by atoms with Gasteiger partial charge in [-0.15, -0.1) is 0 Å². The van der Waals surface area contributed by atoms with Crippen LogP contribution in [0.15, 0.2) is 48.5 Å². The Kier molecular flexibility index (Phi) is 9.29. The Labute approximate surface area is 217 Å². The van der Waals surface area contributed by atoms with E-state index in [2.05, 4.69) is 48.5 Å². The Balaban J connectivity index is 1.24. The maximum atomic E-state index is 12.7. The summed E-state index contributed by atoms with van der Waals surface area (Å²) in [5.74, 6) is 2.70. The summed E-state index contributed by atoms with van der Waals surface area (Å²) in [6.07, 6.45) is 10.6. The van der Waals surface area contributed by atoms with Gasteiger partial charge in [0.1, 0.15) is 17.3 Å². The van der Waals surface area contributed by atoms with Gasteiger partial charge in [-0.25, -0.2) is 0 Å². The van der Waals surface area contributed by atoms with Crippen molar-refractivity contribution in [1.82, 2.24) is 0 Å². The minimum atomic E-state index is 0.243. The van der Waals surface area contributed by atoms with Crippen LogP contribution >= 0.6 is 0 Å². The van der Waals surface area contributed by atoms with E-state index < -0.39 is 0 Å². The Morgan fingerprint density at radius 2 is 0.889 bits per heavy atom. The zero-order valence-electron chi connectivity index (χ0n) is 22.1. The first kappa shape index (κ1) is 26.5. The summed E-state index contributed by atoms with van der Waals surface area (Å²) in [5.41, 5.74) is 4.84. The molecule has 3 heteroatoms. The Hall–Kier alpha value is -2.55. The van der Waals surface area contributed by atoms with Gasteiger partial charge in [0.05, 0.1) is 0 Å². The predicted octanol–water partition coefficient (Wildman–Crippen LogP) is 7.55. The minimum absolute atomic E-state index is 0.243. The number of rotatable bonds is 10. The number of benzene rings is 2. The van der Waals surface area contributed by atoms with Crippen LogP contribution in [0.25, 0.3) is 0 Å². The van der Waals surface area contributed by atoms with Crippen LogP contribution in [0.5, 0.6) is 0 Å². The summed E-state index contributed by atoms with van der Waals surface area (Å²) < 4.78 is 0. The van der Waals surface area contributed by atoms with E-state index in [0.29, 0.717) is 49.1 Å². The van der Waals surface area contributed by atoms with Crippen molar-refractivity contribution in [3.63, 3.8) is 0 Å². The number of hydrogen-bond acceptors (Lipinski definition) is 3. The summed E-state index contributed by atoms with van der Waals surface area (Å²) in [6.45, 7) is 3.93. The molecule has 0 spiro atoms. The van der Waals surface area contributed by atoms with E-state index in [-0.39, 0.29) is 17.6 Å². The summed E-state index contributed by atoms with van der Waals surface area (Å²) in [4.78, 5) is 36.7.